The molecule has 0 N–H and O–H groups in total. The van der Waals surface area contributed by atoms with Gasteiger partial charge < -0.3 is 9.80 Å². The maximum Gasteiger partial charge on any atom is 0.100 e. The summed E-state index contributed by atoms with van der Waals surface area (Å²) in [4.78, 5) is 4.92. The summed E-state index contributed by atoms with van der Waals surface area (Å²) in [5.74, 6) is 0. The van der Waals surface area contributed by atoms with Crippen LogP contribution in [0.2, 0.25) is 0 Å². The van der Waals surface area contributed by atoms with Crippen molar-refractivity contribution in [2.24, 2.45) is 0 Å². The van der Waals surface area contributed by atoms with E-state index in [1.165, 1.54) is 64.3 Å². The predicted molar refractivity (Wildman–Crippen MR) is 80.3 cm³/mol. The molecule has 18 heavy (non-hydrogen) atoms. The van der Waals surface area contributed by atoms with Crippen molar-refractivity contribution in [3.8, 4) is 0 Å². The van der Waals surface area contributed by atoms with Crippen molar-refractivity contribution in [1.82, 2.24) is 9.80 Å². The molecular formula is C16H32N2. The second-order valence-electron chi connectivity index (χ2n) is 5.59. The molecule has 0 aromatic carbocycles. The zero-order valence-corrected chi connectivity index (χ0v) is 12.7. The van der Waals surface area contributed by atoms with Crippen LogP contribution in [0.3, 0.4) is 0 Å². The molecule has 2 nitrogen and oxygen atoms in total. The summed E-state index contributed by atoms with van der Waals surface area (Å²) in [6, 6.07) is 0. The highest BCUT2D eigenvalue weighted by Crippen LogP contribution is 2.20. The second-order valence-corrected chi connectivity index (χ2v) is 5.59. The quantitative estimate of drug-likeness (QED) is 0.525. The minimum absolute atomic E-state index is 0.628. The molecule has 0 saturated heterocycles. The molecule has 0 aromatic rings. The molecule has 1 rings (SSSR count). The van der Waals surface area contributed by atoms with Gasteiger partial charge in [-0.2, -0.15) is 0 Å². The Morgan fingerprint density at radius 1 is 0.833 bits per heavy atom. The fraction of sp³-hybridized carbons (Fsp3) is 0.875. The minimum atomic E-state index is 0.628. The molecule has 0 spiro atoms. The van der Waals surface area contributed by atoms with Crippen LogP contribution in [0.15, 0.2) is 12.4 Å². The van der Waals surface area contributed by atoms with Crippen molar-refractivity contribution in [3.63, 3.8) is 0 Å². The molecule has 1 aliphatic rings. The number of rotatable bonds is 10. The van der Waals surface area contributed by atoms with Crippen LogP contribution >= 0.6 is 0 Å². The molecule has 0 aromatic heterocycles. The normalized spacial score (nSPS) is 18.9. The fourth-order valence-electron chi connectivity index (χ4n) is 2.69. The first kappa shape index (κ1) is 15.4. The topological polar surface area (TPSA) is 6.48 Å². The first-order valence-corrected chi connectivity index (χ1v) is 7.95. The maximum atomic E-state index is 2.54. The van der Waals surface area contributed by atoms with Crippen molar-refractivity contribution in [3.05, 3.63) is 12.4 Å². The number of hydrogen-bond acceptors (Lipinski definition) is 2. The number of unbranched alkanes of at least 4 members (excludes halogenated alkanes) is 6. The highest BCUT2D eigenvalue weighted by atomic mass is 15.4. The van der Waals surface area contributed by atoms with E-state index >= 15 is 0 Å². The molecule has 1 unspecified atom stereocenters. The molecule has 1 atom stereocenters. The van der Waals surface area contributed by atoms with E-state index in [0.717, 1.165) is 0 Å². The standard InChI is InChI=1S/C16H32N2/c1-4-6-8-10-12-16-17(3)14-15-18(16)13-11-9-7-5-2/h14-16H,4-13H2,1-3H3. The Kier molecular flexibility index (Phi) is 7.95. The van der Waals surface area contributed by atoms with Crippen molar-refractivity contribution in [2.45, 2.75) is 77.8 Å². The smallest absolute Gasteiger partial charge is 0.100 e. The average Bonchev–Trinajstić information content (AvgIpc) is 2.72. The van der Waals surface area contributed by atoms with Crippen LogP contribution in [0.4, 0.5) is 0 Å². The molecule has 0 saturated carbocycles. The van der Waals surface area contributed by atoms with Gasteiger partial charge in [0.05, 0.1) is 0 Å². The van der Waals surface area contributed by atoms with Crippen molar-refractivity contribution >= 4 is 0 Å². The first-order chi connectivity index (χ1) is 8.79. The first-order valence-electron chi connectivity index (χ1n) is 7.95. The van der Waals surface area contributed by atoms with Crippen LogP contribution in [0.1, 0.15) is 71.6 Å². The molecule has 1 heterocycles. The third kappa shape index (κ3) is 5.32. The summed E-state index contributed by atoms with van der Waals surface area (Å²) in [6.45, 7) is 5.79. The second kappa shape index (κ2) is 9.29. The van der Waals surface area contributed by atoms with Gasteiger partial charge in [-0.15, -0.1) is 0 Å². The van der Waals surface area contributed by atoms with Gasteiger partial charge in [0, 0.05) is 26.0 Å². The maximum absolute atomic E-state index is 2.54. The zero-order valence-electron chi connectivity index (χ0n) is 12.7. The summed E-state index contributed by atoms with van der Waals surface area (Å²) in [7, 11) is 2.22. The van der Waals surface area contributed by atoms with Crippen LogP contribution < -0.4 is 0 Å². The molecule has 0 bridgehead atoms. The van der Waals surface area contributed by atoms with Crippen LogP contribution in [-0.4, -0.2) is 29.6 Å². The lowest BCUT2D eigenvalue weighted by molar-refractivity contribution is 0.159. The third-order valence-electron chi connectivity index (χ3n) is 3.93. The summed E-state index contributed by atoms with van der Waals surface area (Å²) < 4.78 is 0. The van der Waals surface area contributed by atoms with Gasteiger partial charge in [0.1, 0.15) is 6.17 Å². The molecular weight excluding hydrogens is 220 g/mol. The van der Waals surface area contributed by atoms with Crippen LogP contribution in [0.25, 0.3) is 0 Å². The van der Waals surface area contributed by atoms with Gasteiger partial charge in [-0.3, -0.25) is 0 Å². The van der Waals surface area contributed by atoms with E-state index in [4.69, 9.17) is 0 Å². The van der Waals surface area contributed by atoms with E-state index in [0.29, 0.717) is 6.17 Å². The zero-order chi connectivity index (χ0) is 13.2. The minimum Gasteiger partial charge on any atom is -0.359 e. The average molecular weight is 252 g/mol. The highest BCUT2D eigenvalue weighted by molar-refractivity contribution is 4.95. The Labute approximate surface area is 114 Å². The lowest BCUT2D eigenvalue weighted by Gasteiger charge is -2.30. The largest absolute Gasteiger partial charge is 0.359 e. The van der Waals surface area contributed by atoms with E-state index < -0.39 is 0 Å². The van der Waals surface area contributed by atoms with Gasteiger partial charge in [-0.25, -0.2) is 0 Å². The van der Waals surface area contributed by atoms with Gasteiger partial charge in [-0.1, -0.05) is 52.4 Å². The van der Waals surface area contributed by atoms with Crippen molar-refractivity contribution in [2.75, 3.05) is 13.6 Å². The third-order valence-corrected chi connectivity index (χ3v) is 3.93. The molecule has 0 radical (unpaired) electrons. The molecule has 0 amide bonds. The van der Waals surface area contributed by atoms with Crippen LogP contribution in [0.5, 0.6) is 0 Å². The summed E-state index contributed by atoms with van der Waals surface area (Å²) in [5.41, 5.74) is 0. The Hall–Kier alpha value is -0.660. The lowest BCUT2D eigenvalue weighted by atomic mass is 10.1. The summed E-state index contributed by atoms with van der Waals surface area (Å²) in [5, 5.41) is 0. The van der Waals surface area contributed by atoms with E-state index in [2.05, 4.69) is 43.1 Å². The lowest BCUT2D eigenvalue weighted by Crippen LogP contribution is -2.36. The molecule has 0 aliphatic carbocycles. The Bertz CT molecular complexity index is 225. The summed E-state index contributed by atoms with van der Waals surface area (Å²) in [6.07, 6.45) is 17.4. The van der Waals surface area contributed by atoms with Gasteiger partial charge in [0.2, 0.25) is 0 Å². The monoisotopic (exact) mass is 252 g/mol. The van der Waals surface area contributed by atoms with Crippen molar-refractivity contribution < 1.29 is 0 Å². The molecule has 2 heteroatoms. The Morgan fingerprint density at radius 2 is 1.50 bits per heavy atom. The van der Waals surface area contributed by atoms with Crippen LogP contribution in [0, 0.1) is 0 Å². The van der Waals surface area contributed by atoms with E-state index in [1.54, 1.807) is 0 Å². The Morgan fingerprint density at radius 3 is 2.17 bits per heavy atom. The molecule has 1 aliphatic heterocycles. The van der Waals surface area contributed by atoms with Gasteiger partial charge in [0.25, 0.3) is 0 Å². The van der Waals surface area contributed by atoms with E-state index in [-0.39, 0.29) is 0 Å². The SMILES string of the molecule is CCCCCCC1N(C)C=CN1CCCCCC. The Balaban J connectivity index is 2.20. The number of nitrogens with zero attached hydrogens (tertiary/aromatic N) is 2. The van der Waals surface area contributed by atoms with Gasteiger partial charge >= 0.3 is 0 Å². The molecule has 0 fully saturated rings. The predicted octanol–water partition coefficient (Wildman–Crippen LogP) is 4.58. The number of hydrogen-bond donors (Lipinski definition) is 0. The van der Waals surface area contributed by atoms with Gasteiger partial charge in [0.15, 0.2) is 0 Å². The molecule has 106 valence electrons. The van der Waals surface area contributed by atoms with E-state index in [9.17, 15) is 0 Å². The van der Waals surface area contributed by atoms with Crippen molar-refractivity contribution in [1.29, 1.82) is 0 Å². The fourth-order valence-corrected chi connectivity index (χ4v) is 2.69. The van der Waals surface area contributed by atoms with Crippen LogP contribution in [-0.2, 0) is 0 Å². The van der Waals surface area contributed by atoms with Gasteiger partial charge in [-0.05, 0) is 19.3 Å². The van der Waals surface area contributed by atoms with E-state index in [1.807, 2.05) is 0 Å². The highest BCUT2D eigenvalue weighted by Gasteiger charge is 2.22. The summed E-state index contributed by atoms with van der Waals surface area (Å²) >= 11 is 0.